The average Bonchev–Trinajstić information content (AvgIpc) is 2.65. The number of nitro benzene ring substituents is 1. The molecule has 2 aromatic rings. The van der Waals surface area contributed by atoms with Crippen molar-refractivity contribution in [3.8, 4) is 5.69 Å². The first-order chi connectivity index (χ1) is 13.2. The van der Waals surface area contributed by atoms with Crippen LogP contribution in [-0.2, 0) is 0 Å². The molecule has 1 N–H and O–H groups in total. The van der Waals surface area contributed by atoms with Crippen LogP contribution in [0, 0.1) is 10.1 Å². The molecule has 1 saturated heterocycles. The Morgan fingerprint density at radius 1 is 1.21 bits per heavy atom. The molecule has 1 aromatic heterocycles. The highest BCUT2D eigenvalue weighted by Gasteiger charge is 2.27. The average molecular weight is 406 g/mol. The minimum Gasteiger partial charge on any atom is -0.380 e. The second-order valence-electron chi connectivity index (χ2n) is 7.94. The van der Waals surface area contributed by atoms with Crippen molar-refractivity contribution in [2.45, 2.75) is 45.2 Å². The predicted octanol–water partition coefficient (Wildman–Crippen LogP) is 3.47. The van der Waals surface area contributed by atoms with Crippen LogP contribution >= 0.6 is 11.6 Å². The fourth-order valence-corrected chi connectivity index (χ4v) is 3.53. The van der Waals surface area contributed by atoms with Gasteiger partial charge in [0.15, 0.2) is 0 Å². The molecule has 9 heteroatoms. The van der Waals surface area contributed by atoms with E-state index in [-0.39, 0.29) is 22.3 Å². The molecule has 0 amide bonds. The Bertz CT molecular complexity index is 913. The number of non-ortho nitro benzene ring substituents is 1. The lowest BCUT2D eigenvalue weighted by atomic mass is 9.98. The number of hydrogen-bond donors (Lipinski definition) is 1. The molecule has 8 nitrogen and oxygen atoms in total. The van der Waals surface area contributed by atoms with Gasteiger partial charge in [0, 0.05) is 36.8 Å². The molecule has 0 radical (unpaired) electrons. The van der Waals surface area contributed by atoms with Crippen LogP contribution in [0.2, 0.25) is 5.02 Å². The summed E-state index contributed by atoms with van der Waals surface area (Å²) in [5.74, 6) is 0. The lowest BCUT2D eigenvalue weighted by Crippen LogP contribution is -2.48. The number of piperidine rings is 1. The Kier molecular flexibility index (Phi) is 5.71. The molecule has 0 unspecified atom stereocenters. The molecule has 2 heterocycles. The van der Waals surface area contributed by atoms with E-state index >= 15 is 0 Å². The van der Waals surface area contributed by atoms with E-state index < -0.39 is 10.5 Å². The molecule has 150 valence electrons. The van der Waals surface area contributed by atoms with Crippen LogP contribution in [0.15, 0.2) is 35.3 Å². The highest BCUT2D eigenvalue weighted by molar-refractivity contribution is 6.32. The van der Waals surface area contributed by atoms with Crippen LogP contribution < -0.4 is 10.9 Å². The lowest BCUT2D eigenvalue weighted by Gasteiger charge is -2.41. The molecule has 3 rings (SSSR count). The quantitative estimate of drug-likeness (QED) is 0.618. The summed E-state index contributed by atoms with van der Waals surface area (Å²) < 4.78 is 1.14. The number of rotatable bonds is 4. The molecule has 0 bridgehead atoms. The van der Waals surface area contributed by atoms with E-state index in [9.17, 15) is 14.9 Å². The minimum atomic E-state index is -0.495. The second kappa shape index (κ2) is 7.89. The summed E-state index contributed by atoms with van der Waals surface area (Å²) in [6, 6.07) is 5.82. The van der Waals surface area contributed by atoms with Gasteiger partial charge in [-0.25, -0.2) is 0 Å². The third-order valence-electron chi connectivity index (χ3n) is 5.03. The number of benzene rings is 1. The first-order valence-electron chi connectivity index (χ1n) is 9.21. The lowest BCUT2D eigenvalue weighted by molar-refractivity contribution is -0.384. The Morgan fingerprint density at radius 3 is 2.36 bits per heavy atom. The molecule has 0 aliphatic carbocycles. The van der Waals surface area contributed by atoms with Gasteiger partial charge in [-0.3, -0.25) is 19.8 Å². The summed E-state index contributed by atoms with van der Waals surface area (Å²) in [6.45, 7) is 8.58. The van der Waals surface area contributed by atoms with Gasteiger partial charge in [0.25, 0.3) is 11.2 Å². The predicted molar refractivity (Wildman–Crippen MR) is 109 cm³/mol. The summed E-state index contributed by atoms with van der Waals surface area (Å²) in [4.78, 5) is 25.3. The highest BCUT2D eigenvalue weighted by Crippen LogP contribution is 2.24. The van der Waals surface area contributed by atoms with Gasteiger partial charge in [0.05, 0.1) is 22.5 Å². The molecule has 28 heavy (non-hydrogen) atoms. The van der Waals surface area contributed by atoms with E-state index in [0.29, 0.717) is 11.4 Å². The highest BCUT2D eigenvalue weighted by atomic mass is 35.5. The van der Waals surface area contributed by atoms with E-state index in [1.807, 2.05) is 0 Å². The number of aromatic nitrogens is 2. The SMILES string of the molecule is CC(C)(C)N1CCC(Nc2cnn(-c3ccc([N+](=O)[O-])cc3)c(=O)c2Cl)CC1. The summed E-state index contributed by atoms with van der Waals surface area (Å²) in [7, 11) is 0. The van der Waals surface area contributed by atoms with Crippen molar-refractivity contribution in [2.24, 2.45) is 0 Å². The molecule has 0 saturated carbocycles. The van der Waals surface area contributed by atoms with E-state index in [2.05, 4.69) is 36.1 Å². The zero-order chi connectivity index (χ0) is 20.5. The monoisotopic (exact) mass is 405 g/mol. The van der Waals surface area contributed by atoms with Gasteiger partial charge in [0.1, 0.15) is 5.02 Å². The molecular formula is C19H24ClN5O3. The largest absolute Gasteiger partial charge is 0.380 e. The van der Waals surface area contributed by atoms with Crippen molar-refractivity contribution in [1.82, 2.24) is 14.7 Å². The molecule has 0 atom stereocenters. The van der Waals surface area contributed by atoms with Crippen molar-refractivity contribution in [1.29, 1.82) is 0 Å². The first-order valence-corrected chi connectivity index (χ1v) is 9.59. The second-order valence-corrected chi connectivity index (χ2v) is 8.32. The van der Waals surface area contributed by atoms with Gasteiger partial charge in [-0.05, 0) is 45.7 Å². The topological polar surface area (TPSA) is 93.3 Å². The summed E-state index contributed by atoms with van der Waals surface area (Å²) in [5.41, 5.74) is 0.562. The van der Waals surface area contributed by atoms with E-state index in [0.717, 1.165) is 30.6 Å². The third-order valence-corrected chi connectivity index (χ3v) is 5.39. The fraction of sp³-hybridized carbons (Fsp3) is 0.474. The zero-order valence-corrected chi connectivity index (χ0v) is 16.9. The number of halogens is 1. The van der Waals surface area contributed by atoms with Crippen molar-refractivity contribution in [3.05, 3.63) is 56.0 Å². The van der Waals surface area contributed by atoms with Crippen LogP contribution in [0.4, 0.5) is 11.4 Å². The molecule has 1 fully saturated rings. The summed E-state index contributed by atoms with van der Waals surface area (Å²) in [6.07, 6.45) is 3.44. The Morgan fingerprint density at radius 2 is 1.82 bits per heavy atom. The number of likely N-dealkylation sites (tertiary alicyclic amines) is 1. The normalized spacial score (nSPS) is 16.1. The van der Waals surface area contributed by atoms with E-state index in [1.165, 1.54) is 30.5 Å². The first kappa shape index (κ1) is 20.3. The van der Waals surface area contributed by atoms with E-state index in [4.69, 9.17) is 11.6 Å². The molecular weight excluding hydrogens is 382 g/mol. The Hall–Kier alpha value is -2.45. The van der Waals surface area contributed by atoms with Gasteiger partial charge in [-0.15, -0.1) is 0 Å². The van der Waals surface area contributed by atoms with Crippen molar-refractivity contribution >= 4 is 23.0 Å². The van der Waals surface area contributed by atoms with Gasteiger partial charge < -0.3 is 5.32 Å². The van der Waals surface area contributed by atoms with Crippen LogP contribution in [0.25, 0.3) is 5.69 Å². The van der Waals surface area contributed by atoms with Gasteiger partial charge >= 0.3 is 0 Å². The number of nitro groups is 1. The van der Waals surface area contributed by atoms with Crippen LogP contribution in [0.3, 0.4) is 0 Å². The number of nitrogens with zero attached hydrogens (tertiary/aromatic N) is 4. The number of anilines is 1. The molecule has 1 aromatic carbocycles. The third kappa shape index (κ3) is 4.34. The molecule has 1 aliphatic heterocycles. The molecule has 1 aliphatic rings. The van der Waals surface area contributed by atoms with Gasteiger partial charge in [-0.2, -0.15) is 9.78 Å². The minimum absolute atomic E-state index is 0.0530. The van der Waals surface area contributed by atoms with Crippen LogP contribution in [0.1, 0.15) is 33.6 Å². The van der Waals surface area contributed by atoms with Crippen molar-refractivity contribution in [3.63, 3.8) is 0 Å². The zero-order valence-electron chi connectivity index (χ0n) is 16.2. The fourth-order valence-electron chi connectivity index (χ4n) is 3.35. The van der Waals surface area contributed by atoms with E-state index in [1.54, 1.807) is 0 Å². The van der Waals surface area contributed by atoms with Crippen molar-refractivity contribution in [2.75, 3.05) is 18.4 Å². The standard InChI is InChI=1S/C19H24ClN5O3/c1-19(2,3)23-10-8-13(9-11-23)22-16-12-21-24(18(26)17(16)20)14-4-6-15(7-5-14)25(27)28/h4-7,12-13,22H,8-11H2,1-3H3. The molecule has 0 spiro atoms. The maximum absolute atomic E-state index is 12.6. The number of nitrogens with one attached hydrogen (secondary N) is 1. The van der Waals surface area contributed by atoms with Crippen LogP contribution in [0.5, 0.6) is 0 Å². The number of hydrogen-bond acceptors (Lipinski definition) is 6. The van der Waals surface area contributed by atoms with Gasteiger partial charge in [0.2, 0.25) is 0 Å². The maximum Gasteiger partial charge on any atom is 0.292 e. The van der Waals surface area contributed by atoms with Crippen molar-refractivity contribution < 1.29 is 4.92 Å². The maximum atomic E-state index is 12.6. The summed E-state index contributed by atoms with van der Waals surface area (Å²) in [5, 5.41) is 18.4. The van der Waals surface area contributed by atoms with Gasteiger partial charge in [-0.1, -0.05) is 11.6 Å². The Balaban J connectivity index is 1.74. The summed E-state index contributed by atoms with van der Waals surface area (Å²) >= 11 is 6.30. The smallest absolute Gasteiger partial charge is 0.292 e. The van der Waals surface area contributed by atoms with Crippen LogP contribution in [-0.4, -0.2) is 44.3 Å². The Labute approximate surface area is 168 Å².